The Balaban J connectivity index is 3.17. The predicted molar refractivity (Wildman–Crippen MR) is 75.7 cm³/mol. The van der Waals surface area contributed by atoms with E-state index >= 15 is 0 Å². The summed E-state index contributed by atoms with van der Waals surface area (Å²) in [4.78, 5) is 0. The lowest BCUT2D eigenvalue weighted by atomic mass is 9.92. The molecule has 0 atom stereocenters. The van der Waals surface area contributed by atoms with Crippen LogP contribution in [0.3, 0.4) is 0 Å². The third-order valence-corrected chi connectivity index (χ3v) is 2.68. The third-order valence-electron chi connectivity index (χ3n) is 2.68. The summed E-state index contributed by atoms with van der Waals surface area (Å²) in [7, 11) is 0. The average Bonchev–Trinajstić information content (AvgIpc) is 2.19. The van der Waals surface area contributed by atoms with E-state index in [1.165, 1.54) is 51.4 Å². The van der Waals surface area contributed by atoms with Crippen LogP contribution in [0.5, 0.6) is 0 Å². The van der Waals surface area contributed by atoms with Crippen LogP contribution in [0, 0.1) is 5.41 Å². The van der Waals surface area contributed by atoms with Crippen molar-refractivity contribution in [3.63, 3.8) is 0 Å². The number of unbranched alkanes of at least 4 members (excludes halogenated alkanes) is 6. The van der Waals surface area contributed by atoms with Crippen molar-refractivity contribution in [2.75, 3.05) is 0 Å². The summed E-state index contributed by atoms with van der Waals surface area (Å²) in [6.07, 6.45) is 17.2. The zero-order valence-corrected chi connectivity index (χ0v) is 11.6. The zero-order valence-electron chi connectivity index (χ0n) is 11.6. The molecule has 0 aliphatic rings. The summed E-state index contributed by atoms with van der Waals surface area (Å²) in [6.45, 7) is 10.6. The summed E-state index contributed by atoms with van der Waals surface area (Å²) in [5.41, 5.74) is 0.446. The molecule has 0 saturated heterocycles. The van der Waals surface area contributed by atoms with Crippen LogP contribution < -0.4 is 0 Å². The molecule has 0 nitrogen and oxygen atoms in total. The molecule has 0 aliphatic heterocycles. The minimum absolute atomic E-state index is 0.446. The van der Waals surface area contributed by atoms with Gasteiger partial charge >= 0.3 is 0 Å². The number of rotatable bonds is 9. The Bertz CT molecular complexity index is 181. The largest absolute Gasteiger partial charge is 0.103 e. The molecule has 0 radical (unpaired) electrons. The molecule has 0 heterocycles. The first-order valence-corrected chi connectivity index (χ1v) is 6.82. The Kier molecular flexibility index (Phi) is 9.37. The molecule has 0 aromatic heterocycles. The van der Waals surface area contributed by atoms with E-state index in [4.69, 9.17) is 0 Å². The molecule has 0 aromatic carbocycles. The first-order valence-electron chi connectivity index (χ1n) is 6.82. The second kappa shape index (κ2) is 9.69. The van der Waals surface area contributed by atoms with E-state index in [2.05, 4.69) is 39.5 Å². The summed E-state index contributed by atoms with van der Waals surface area (Å²) in [5, 5.41) is 0. The van der Waals surface area contributed by atoms with E-state index < -0.39 is 0 Å². The fraction of sp³-hybridized carbons (Fsp3) is 0.750. The molecule has 0 aromatic rings. The van der Waals surface area contributed by atoms with Gasteiger partial charge in [-0.2, -0.15) is 0 Å². The van der Waals surface area contributed by atoms with Crippen molar-refractivity contribution in [1.82, 2.24) is 0 Å². The van der Waals surface area contributed by atoms with Gasteiger partial charge in [-0.15, -0.1) is 6.58 Å². The summed E-state index contributed by atoms with van der Waals surface area (Å²) < 4.78 is 0. The Hall–Kier alpha value is -0.520. The molecule has 94 valence electrons. The van der Waals surface area contributed by atoms with Gasteiger partial charge in [0.25, 0.3) is 0 Å². The molecular formula is C16H30. The van der Waals surface area contributed by atoms with Crippen molar-refractivity contribution >= 4 is 0 Å². The van der Waals surface area contributed by atoms with Gasteiger partial charge < -0.3 is 0 Å². The lowest BCUT2D eigenvalue weighted by Crippen LogP contribution is -2.01. The monoisotopic (exact) mass is 222 g/mol. The molecule has 0 fully saturated rings. The van der Waals surface area contributed by atoms with Crippen LogP contribution in [-0.4, -0.2) is 0 Å². The molecule has 0 bridgehead atoms. The Morgan fingerprint density at radius 2 is 1.38 bits per heavy atom. The molecule has 0 rings (SSSR count). The van der Waals surface area contributed by atoms with E-state index in [1.807, 2.05) is 6.08 Å². The molecule has 0 saturated carbocycles. The molecular weight excluding hydrogens is 192 g/mol. The van der Waals surface area contributed by atoms with Gasteiger partial charge in [-0.05, 0) is 37.5 Å². The van der Waals surface area contributed by atoms with Crippen LogP contribution in [-0.2, 0) is 0 Å². The maximum absolute atomic E-state index is 3.74. The predicted octanol–water partition coefficient (Wildman–Crippen LogP) is 5.90. The minimum Gasteiger partial charge on any atom is -0.103 e. The molecule has 0 spiro atoms. The maximum Gasteiger partial charge on any atom is -0.0302 e. The Labute approximate surface area is 103 Å². The Morgan fingerprint density at radius 3 is 1.94 bits per heavy atom. The first kappa shape index (κ1) is 15.5. The second-order valence-electron chi connectivity index (χ2n) is 5.87. The number of hydrogen-bond donors (Lipinski definition) is 0. The molecule has 0 aliphatic carbocycles. The van der Waals surface area contributed by atoms with E-state index in [9.17, 15) is 0 Å². The highest BCUT2D eigenvalue weighted by atomic mass is 14.1. The number of hydrogen-bond acceptors (Lipinski definition) is 0. The lowest BCUT2D eigenvalue weighted by Gasteiger charge is -2.14. The third kappa shape index (κ3) is 13.5. The quantitative estimate of drug-likeness (QED) is 0.337. The van der Waals surface area contributed by atoms with Gasteiger partial charge in [-0.3, -0.25) is 0 Å². The van der Waals surface area contributed by atoms with Crippen LogP contribution in [0.2, 0.25) is 0 Å². The summed E-state index contributed by atoms with van der Waals surface area (Å²) in [6, 6.07) is 0. The van der Waals surface area contributed by atoms with Crippen molar-refractivity contribution in [3.05, 3.63) is 24.8 Å². The lowest BCUT2D eigenvalue weighted by molar-refractivity contribution is 0.420. The van der Waals surface area contributed by atoms with Crippen LogP contribution in [0.4, 0.5) is 0 Å². The van der Waals surface area contributed by atoms with Crippen LogP contribution in [0.15, 0.2) is 24.8 Å². The fourth-order valence-electron chi connectivity index (χ4n) is 1.64. The SMILES string of the molecule is C=CCCCCCCC/C=C/CC(C)(C)C. The highest BCUT2D eigenvalue weighted by Gasteiger charge is 2.05. The molecule has 16 heavy (non-hydrogen) atoms. The number of allylic oxidation sites excluding steroid dienone is 3. The van der Waals surface area contributed by atoms with Crippen molar-refractivity contribution in [2.24, 2.45) is 5.41 Å². The topological polar surface area (TPSA) is 0 Å². The standard InChI is InChI=1S/C16H30/c1-5-6-7-8-9-10-11-12-13-14-15-16(2,3)4/h5,13-14H,1,6-12,15H2,2-4H3/b14-13+. The Morgan fingerprint density at radius 1 is 0.812 bits per heavy atom. The van der Waals surface area contributed by atoms with Crippen molar-refractivity contribution in [2.45, 2.75) is 72.1 Å². The second-order valence-corrected chi connectivity index (χ2v) is 5.87. The van der Waals surface area contributed by atoms with Crippen molar-refractivity contribution in [1.29, 1.82) is 0 Å². The van der Waals surface area contributed by atoms with E-state index in [-0.39, 0.29) is 0 Å². The van der Waals surface area contributed by atoms with Gasteiger partial charge in [0.05, 0.1) is 0 Å². The fourth-order valence-corrected chi connectivity index (χ4v) is 1.64. The van der Waals surface area contributed by atoms with Gasteiger partial charge in [-0.1, -0.05) is 58.3 Å². The van der Waals surface area contributed by atoms with Gasteiger partial charge in [0.1, 0.15) is 0 Å². The molecule has 0 N–H and O–H groups in total. The van der Waals surface area contributed by atoms with E-state index in [0.29, 0.717) is 5.41 Å². The molecule has 0 heteroatoms. The van der Waals surface area contributed by atoms with Crippen LogP contribution in [0.1, 0.15) is 72.1 Å². The van der Waals surface area contributed by atoms with Crippen LogP contribution >= 0.6 is 0 Å². The van der Waals surface area contributed by atoms with Gasteiger partial charge in [-0.25, -0.2) is 0 Å². The molecule has 0 unspecified atom stereocenters. The highest BCUT2D eigenvalue weighted by Crippen LogP contribution is 2.19. The maximum atomic E-state index is 3.74. The van der Waals surface area contributed by atoms with E-state index in [1.54, 1.807) is 0 Å². The smallest absolute Gasteiger partial charge is 0.0302 e. The summed E-state index contributed by atoms with van der Waals surface area (Å²) in [5.74, 6) is 0. The first-order chi connectivity index (χ1) is 7.56. The van der Waals surface area contributed by atoms with Gasteiger partial charge in [0.2, 0.25) is 0 Å². The molecule has 0 amide bonds. The minimum atomic E-state index is 0.446. The van der Waals surface area contributed by atoms with Gasteiger partial charge in [0.15, 0.2) is 0 Å². The van der Waals surface area contributed by atoms with E-state index in [0.717, 1.165) is 0 Å². The van der Waals surface area contributed by atoms with Gasteiger partial charge in [0, 0.05) is 0 Å². The highest BCUT2D eigenvalue weighted by molar-refractivity contribution is 4.85. The zero-order chi connectivity index (χ0) is 12.3. The van der Waals surface area contributed by atoms with Crippen molar-refractivity contribution in [3.8, 4) is 0 Å². The van der Waals surface area contributed by atoms with Crippen molar-refractivity contribution < 1.29 is 0 Å². The van der Waals surface area contributed by atoms with Crippen LogP contribution in [0.25, 0.3) is 0 Å². The normalized spacial score (nSPS) is 12.2. The average molecular weight is 222 g/mol. The summed E-state index contributed by atoms with van der Waals surface area (Å²) >= 11 is 0.